The Kier molecular flexibility index (Phi) is 8.73. The van der Waals surface area contributed by atoms with Crippen LogP contribution in [0.5, 0.6) is 0 Å². The molecular formula is C29H32F2. The Labute approximate surface area is 186 Å². The van der Waals surface area contributed by atoms with Crippen molar-refractivity contribution in [3.05, 3.63) is 70.3 Å². The van der Waals surface area contributed by atoms with Gasteiger partial charge in [-0.1, -0.05) is 30.9 Å². The summed E-state index contributed by atoms with van der Waals surface area (Å²) in [5.41, 5.74) is 2.63. The van der Waals surface area contributed by atoms with Gasteiger partial charge >= 0.3 is 0 Å². The molecule has 0 heterocycles. The van der Waals surface area contributed by atoms with Gasteiger partial charge in [0, 0.05) is 29.5 Å². The molecule has 0 spiro atoms. The second kappa shape index (κ2) is 11.7. The van der Waals surface area contributed by atoms with Gasteiger partial charge in [0.05, 0.1) is 0 Å². The minimum atomic E-state index is -0.556. The van der Waals surface area contributed by atoms with Gasteiger partial charge in [-0.3, -0.25) is 0 Å². The van der Waals surface area contributed by atoms with Crippen LogP contribution in [0.3, 0.4) is 0 Å². The quantitative estimate of drug-likeness (QED) is 0.342. The molecule has 0 radical (unpaired) electrons. The average molecular weight is 419 g/mol. The van der Waals surface area contributed by atoms with Crippen LogP contribution in [0.2, 0.25) is 0 Å². The number of hydrogen-bond acceptors (Lipinski definition) is 0. The van der Waals surface area contributed by atoms with E-state index in [9.17, 15) is 8.78 Å². The lowest BCUT2D eigenvalue weighted by atomic mass is 9.77. The van der Waals surface area contributed by atoms with E-state index in [-0.39, 0.29) is 5.56 Å². The molecule has 0 nitrogen and oxygen atoms in total. The molecule has 31 heavy (non-hydrogen) atoms. The molecule has 0 unspecified atom stereocenters. The third-order valence-electron chi connectivity index (χ3n) is 6.28. The highest BCUT2D eigenvalue weighted by atomic mass is 19.1. The smallest absolute Gasteiger partial charge is 0.130 e. The number of halogens is 2. The summed E-state index contributed by atoms with van der Waals surface area (Å²) in [6.07, 6.45) is 10.9. The molecule has 2 heteroatoms. The molecule has 1 saturated carbocycles. The van der Waals surface area contributed by atoms with Crippen molar-refractivity contribution < 1.29 is 8.78 Å². The molecule has 3 rings (SSSR count). The van der Waals surface area contributed by atoms with Crippen molar-refractivity contribution in [2.24, 2.45) is 5.92 Å². The number of rotatable bonds is 5. The first-order valence-electron chi connectivity index (χ1n) is 11.6. The van der Waals surface area contributed by atoms with E-state index in [1.165, 1.54) is 63.1 Å². The third kappa shape index (κ3) is 6.97. The van der Waals surface area contributed by atoms with Crippen LogP contribution in [0, 0.1) is 48.2 Å². The Bertz CT molecular complexity index is 948. The Balaban J connectivity index is 1.49. The summed E-state index contributed by atoms with van der Waals surface area (Å²) in [7, 11) is 0. The van der Waals surface area contributed by atoms with E-state index in [1.807, 2.05) is 12.1 Å². The molecule has 0 aromatic heterocycles. The minimum Gasteiger partial charge on any atom is -0.207 e. The fraction of sp³-hybridized carbons (Fsp3) is 0.448. The minimum absolute atomic E-state index is 0.0327. The SMILES string of the molecule is CCCC#CCCCC1CCC(c2ccc(C#Cc3cc(F)c(C)c(F)c3)cc2)CC1. The lowest BCUT2D eigenvalue weighted by Gasteiger charge is -2.28. The van der Waals surface area contributed by atoms with Crippen LogP contribution in [-0.2, 0) is 0 Å². The largest absolute Gasteiger partial charge is 0.207 e. The summed E-state index contributed by atoms with van der Waals surface area (Å²) in [4.78, 5) is 0. The molecule has 2 aromatic rings. The zero-order chi connectivity index (χ0) is 22.1. The highest BCUT2D eigenvalue weighted by molar-refractivity contribution is 5.45. The topological polar surface area (TPSA) is 0 Å². The molecule has 0 saturated heterocycles. The highest BCUT2D eigenvalue weighted by Gasteiger charge is 2.21. The van der Waals surface area contributed by atoms with E-state index in [1.54, 1.807) is 0 Å². The fourth-order valence-electron chi connectivity index (χ4n) is 4.27. The molecular weight excluding hydrogens is 386 g/mol. The van der Waals surface area contributed by atoms with Crippen LogP contribution in [0.1, 0.15) is 92.9 Å². The van der Waals surface area contributed by atoms with E-state index >= 15 is 0 Å². The second-order valence-electron chi connectivity index (χ2n) is 8.65. The predicted octanol–water partition coefficient (Wildman–Crippen LogP) is 7.92. The van der Waals surface area contributed by atoms with Crippen molar-refractivity contribution in [1.29, 1.82) is 0 Å². The maximum atomic E-state index is 13.7. The summed E-state index contributed by atoms with van der Waals surface area (Å²) in [6.45, 7) is 3.60. The Hall–Kier alpha value is -2.58. The van der Waals surface area contributed by atoms with E-state index in [2.05, 4.69) is 42.7 Å². The van der Waals surface area contributed by atoms with Crippen LogP contribution in [-0.4, -0.2) is 0 Å². The van der Waals surface area contributed by atoms with Gasteiger partial charge in [0.1, 0.15) is 11.6 Å². The first kappa shape index (κ1) is 23.1. The number of benzene rings is 2. The molecule has 0 N–H and O–H groups in total. The van der Waals surface area contributed by atoms with Crippen LogP contribution in [0.15, 0.2) is 36.4 Å². The second-order valence-corrected chi connectivity index (χ2v) is 8.65. The van der Waals surface area contributed by atoms with Gasteiger partial charge in [0.25, 0.3) is 0 Å². The van der Waals surface area contributed by atoms with E-state index in [0.29, 0.717) is 11.5 Å². The zero-order valence-electron chi connectivity index (χ0n) is 18.7. The maximum Gasteiger partial charge on any atom is 0.130 e. The van der Waals surface area contributed by atoms with Gasteiger partial charge in [-0.05, 0) is 93.5 Å². The van der Waals surface area contributed by atoms with Crippen molar-refractivity contribution in [2.45, 2.75) is 77.6 Å². The fourth-order valence-corrected chi connectivity index (χ4v) is 4.27. The molecule has 0 bridgehead atoms. The van der Waals surface area contributed by atoms with Crippen molar-refractivity contribution in [2.75, 3.05) is 0 Å². The first-order chi connectivity index (χ1) is 15.1. The van der Waals surface area contributed by atoms with Crippen molar-refractivity contribution in [3.8, 4) is 23.7 Å². The van der Waals surface area contributed by atoms with Gasteiger partial charge in [0.2, 0.25) is 0 Å². The van der Waals surface area contributed by atoms with Crippen LogP contribution < -0.4 is 0 Å². The van der Waals surface area contributed by atoms with Crippen molar-refractivity contribution in [1.82, 2.24) is 0 Å². The first-order valence-corrected chi connectivity index (χ1v) is 11.6. The summed E-state index contributed by atoms with van der Waals surface area (Å²) < 4.78 is 27.3. The molecule has 0 amide bonds. The van der Waals surface area contributed by atoms with Gasteiger partial charge in [0.15, 0.2) is 0 Å². The summed E-state index contributed by atoms with van der Waals surface area (Å²) in [6, 6.07) is 10.9. The summed E-state index contributed by atoms with van der Waals surface area (Å²) >= 11 is 0. The van der Waals surface area contributed by atoms with E-state index in [0.717, 1.165) is 30.7 Å². The van der Waals surface area contributed by atoms with Gasteiger partial charge < -0.3 is 0 Å². The molecule has 1 aliphatic rings. The number of unbranched alkanes of at least 4 members (excludes halogenated alkanes) is 2. The van der Waals surface area contributed by atoms with E-state index < -0.39 is 11.6 Å². The van der Waals surface area contributed by atoms with Crippen molar-refractivity contribution >= 4 is 0 Å². The lowest BCUT2D eigenvalue weighted by Crippen LogP contribution is -2.13. The predicted molar refractivity (Wildman–Crippen MR) is 125 cm³/mol. The summed E-state index contributed by atoms with van der Waals surface area (Å²) in [5.74, 6) is 12.8. The Morgan fingerprint density at radius 3 is 2.10 bits per heavy atom. The molecule has 0 atom stereocenters. The zero-order valence-corrected chi connectivity index (χ0v) is 18.7. The molecule has 2 aromatic carbocycles. The number of hydrogen-bond donors (Lipinski definition) is 0. The van der Waals surface area contributed by atoms with Gasteiger partial charge in [-0.2, -0.15) is 0 Å². The monoisotopic (exact) mass is 418 g/mol. The van der Waals surface area contributed by atoms with Crippen LogP contribution >= 0.6 is 0 Å². The average Bonchev–Trinajstić information content (AvgIpc) is 2.79. The van der Waals surface area contributed by atoms with Gasteiger partial charge in [-0.15, -0.1) is 11.8 Å². The molecule has 1 aliphatic carbocycles. The van der Waals surface area contributed by atoms with Crippen LogP contribution in [0.25, 0.3) is 0 Å². The Morgan fingerprint density at radius 1 is 0.839 bits per heavy atom. The molecule has 162 valence electrons. The lowest BCUT2D eigenvalue weighted by molar-refractivity contribution is 0.306. The standard InChI is InChI=1S/C29H32F2/c1-3-4-5-6-7-8-9-23-12-16-26(17-13-23)27-18-14-24(15-19-27)10-11-25-20-28(30)22(2)29(31)21-25/h14-15,18-21,23,26H,3-4,7-9,12-13,16-17H2,1-2H3. The van der Waals surface area contributed by atoms with Gasteiger partial charge in [-0.25, -0.2) is 8.78 Å². The van der Waals surface area contributed by atoms with E-state index in [4.69, 9.17) is 0 Å². The summed E-state index contributed by atoms with van der Waals surface area (Å²) in [5, 5.41) is 0. The Morgan fingerprint density at radius 2 is 1.45 bits per heavy atom. The third-order valence-corrected chi connectivity index (χ3v) is 6.28. The molecule has 0 aliphatic heterocycles. The van der Waals surface area contributed by atoms with Crippen molar-refractivity contribution in [3.63, 3.8) is 0 Å². The van der Waals surface area contributed by atoms with Crippen LogP contribution in [0.4, 0.5) is 8.78 Å². The highest BCUT2D eigenvalue weighted by Crippen LogP contribution is 2.37. The maximum absolute atomic E-state index is 13.7. The molecule has 1 fully saturated rings. The normalized spacial score (nSPS) is 17.9.